The smallest absolute Gasteiger partial charge is 0.167 e. The molecule has 1 aliphatic rings. The summed E-state index contributed by atoms with van der Waals surface area (Å²) in [4.78, 5) is 9.85. The summed E-state index contributed by atoms with van der Waals surface area (Å²) in [5.74, 6) is 1.14. The van der Waals surface area contributed by atoms with Crippen molar-refractivity contribution in [3.8, 4) is 44.0 Å². The van der Waals surface area contributed by atoms with Crippen LogP contribution in [0.15, 0.2) is 85.5 Å². The summed E-state index contributed by atoms with van der Waals surface area (Å²) in [6, 6.07) is 18.5. The lowest BCUT2D eigenvalue weighted by Gasteiger charge is -2.08. The molecule has 11 heteroatoms. The van der Waals surface area contributed by atoms with Crippen LogP contribution in [0.25, 0.3) is 38.0 Å². The number of ether oxygens (including phenoxy) is 3. The number of pyridine rings is 1. The van der Waals surface area contributed by atoms with Gasteiger partial charge in [-0.2, -0.15) is 10.2 Å². The van der Waals surface area contributed by atoms with E-state index in [0.717, 1.165) is 28.9 Å². The number of nitrogens with zero attached hydrogens (tertiary/aromatic N) is 5. The molecule has 4 aromatic heterocycles. The predicted octanol–water partition coefficient (Wildman–Crippen LogP) is 7.26. The molecule has 0 fully saturated rings. The fourth-order valence-corrected chi connectivity index (χ4v) is 5.83. The monoisotopic (exact) mass is 596 g/mol. The van der Waals surface area contributed by atoms with Crippen LogP contribution in [0.5, 0.6) is 11.5 Å². The number of allylic oxidation sites excluding steroid dienone is 1. The van der Waals surface area contributed by atoms with Gasteiger partial charge in [0.05, 0.1) is 52.9 Å². The van der Waals surface area contributed by atoms with E-state index >= 15 is 4.39 Å². The highest BCUT2D eigenvalue weighted by Gasteiger charge is 2.25. The fraction of sp³-hybridized carbons (Fsp3) is 0.188. The summed E-state index contributed by atoms with van der Waals surface area (Å²) in [5.41, 5.74) is 4.20. The molecule has 2 aromatic carbocycles. The average molecular weight is 597 g/mol. The van der Waals surface area contributed by atoms with Crippen LogP contribution in [-0.2, 0) is 11.3 Å². The van der Waals surface area contributed by atoms with Crippen LogP contribution in [0.4, 0.5) is 4.39 Å². The molecule has 0 saturated heterocycles. The van der Waals surface area contributed by atoms with E-state index < -0.39 is 5.82 Å². The predicted molar refractivity (Wildman–Crippen MR) is 163 cm³/mol. The minimum absolute atomic E-state index is 0.264. The fourth-order valence-electron chi connectivity index (χ4n) is 4.70. The lowest BCUT2D eigenvalue weighted by Crippen LogP contribution is -1.96. The van der Waals surface area contributed by atoms with E-state index in [9.17, 15) is 0 Å². The topological polar surface area (TPSA) is 99.5 Å². The summed E-state index contributed by atoms with van der Waals surface area (Å²) in [5, 5.41) is 12.2. The zero-order valence-corrected chi connectivity index (χ0v) is 24.5. The van der Waals surface area contributed by atoms with Crippen LogP contribution < -0.4 is 9.47 Å². The van der Waals surface area contributed by atoms with Gasteiger partial charge >= 0.3 is 0 Å². The van der Waals surface area contributed by atoms with Gasteiger partial charge in [0.2, 0.25) is 0 Å². The van der Waals surface area contributed by atoms with Crippen molar-refractivity contribution in [3.63, 3.8) is 0 Å². The van der Waals surface area contributed by atoms with Crippen molar-refractivity contribution >= 4 is 16.9 Å². The van der Waals surface area contributed by atoms with E-state index in [1.807, 2.05) is 61.7 Å². The van der Waals surface area contributed by atoms with Gasteiger partial charge < -0.3 is 14.2 Å². The first-order chi connectivity index (χ1) is 21.1. The lowest BCUT2D eigenvalue weighted by atomic mass is 10.1. The highest BCUT2D eigenvalue weighted by atomic mass is 32.1. The Hall–Kier alpha value is -5.03. The lowest BCUT2D eigenvalue weighted by molar-refractivity contribution is 0.231. The number of aromatic nitrogens is 6. The molecule has 43 heavy (non-hydrogen) atoms. The van der Waals surface area contributed by atoms with Crippen LogP contribution in [0.2, 0.25) is 0 Å². The average Bonchev–Trinajstić information content (AvgIpc) is 3.80. The third kappa shape index (κ3) is 6.12. The number of hydrogen-bond acceptors (Lipinski definition) is 8. The van der Waals surface area contributed by atoms with Crippen LogP contribution in [0.1, 0.15) is 24.1 Å². The number of nitrogens with one attached hydrogen (secondary N) is 1. The van der Waals surface area contributed by atoms with Gasteiger partial charge in [0.25, 0.3) is 0 Å². The highest BCUT2D eigenvalue weighted by molar-refractivity contribution is 7.19. The van der Waals surface area contributed by atoms with E-state index in [1.165, 1.54) is 43.7 Å². The Morgan fingerprint density at radius 3 is 2.67 bits per heavy atom. The number of halogens is 1. The van der Waals surface area contributed by atoms with Gasteiger partial charge in [0.15, 0.2) is 5.82 Å². The molecule has 0 amide bonds. The number of rotatable bonds is 7. The molecule has 0 aliphatic carbocycles. The highest BCUT2D eigenvalue weighted by Crippen LogP contribution is 2.44. The molecular formula is C32H29FN6O3S. The molecule has 0 spiro atoms. The molecule has 0 bridgehead atoms. The summed E-state index contributed by atoms with van der Waals surface area (Å²) in [7, 11) is 1.51. The quantitative estimate of drug-likeness (QED) is 0.207. The van der Waals surface area contributed by atoms with Gasteiger partial charge in [-0.15, -0.1) is 11.3 Å². The van der Waals surface area contributed by atoms with Gasteiger partial charge in [-0.1, -0.05) is 36.4 Å². The number of thiazole rings is 1. The Labute approximate surface area is 251 Å². The van der Waals surface area contributed by atoms with E-state index in [2.05, 4.69) is 20.3 Å². The largest absolute Gasteiger partial charge is 0.502 e. The second-order valence-corrected chi connectivity index (χ2v) is 10.7. The number of methoxy groups -OCH3 is 1. The Kier molecular flexibility index (Phi) is 8.41. The van der Waals surface area contributed by atoms with Crippen molar-refractivity contribution in [1.82, 2.24) is 29.8 Å². The van der Waals surface area contributed by atoms with Gasteiger partial charge in [0, 0.05) is 12.3 Å². The van der Waals surface area contributed by atoms with E-state index in [-0.39, 0.29) is 5.56 Å². The third-order valence-electron chi connectivity index (χ3n) is 6.76. The maximum Gasteiger partial charge on any atom is 0.167 e. The summed E-state index contributed by atoms with van der Waals surface area (Å²) < 4.78 is 33.3. The second-order valence-electron chi connectivity index (χ2n) is 9.66. The minimum atomic E-state index is -0.440. The molecular weight excluding hydrogens is 567 g/mol. The van der Waals surface area contributed by atoms with Gasteiger partial charge in [-0.05, 0) is 49.6 Å². The zero-order chi connectivity index (χ0) is 29.6. The molecule has 9 nitrogen and oxygen atoms in total. The standard InChI is InChI=1S/C27H21FN6O2S.C5H8O/c1-16-22(20-13-18(11-12-34(20)33-16)36-14-17-7-4-3-5-8-17)27-31-24(25(37-27)26-29-15-30-32-26)23-19(28)9-6-10-21(23)35-2;1-2-4-6-5-3-1/h3-13,15H,14H2,1-2H3,(H,29,30,32);2,4H,1,3,5H2. The Bertz CT molecular complexity index is 1840. The molecule has 0 radical (unpaired) electrons. The van der Waals surface area contributed by atoms with Gasteiger partial charge in [-0.25, -0.2) is 18.9 Å². The maximum absolute atomic E-state index is 15.1. The van der Waals surface area contributed by atoms with Crippen molar-refractivity contribution in [2.45, 2.75) is 26.4 Å². The number of aryl methyl sites for hydroxylation is 1. The van der Waals surface area contributed by atoms with Gasteiger partial charge in [-0.3, -0.25) is 5.10 Å². The SMILES string of the molecule is C1=COCCC1.COc1cccc(F)c1-c1nc(-c2c(C)nn3ccc(OCc4ccccc4)cc23)sc1-c1ncn[nH]1. The van der Waals surface area contributed by atoms with Crippen molar-refractivity contribution in [2.75, 3.05) is 13.7 Å². The molecule has 218 valence electrons. The van der Waals surface area contributed by atoms with Crippen molar-refractivity contribution in [2.24, 2.45) is 0 Å². The number of fused-ring (bicyclic) bond motifs is 1. The normalized spacial score (nSPS) is 12.4. The molecule has 0 unspecified atom stereocenters. The minimum Gasteiger partial charge on any atom is -0.502 e. The first-order valence-electron chi connectivity index (χ1n) is 13.7. The second kappa shape index (κ2) is 12.9. The van der Waals surface area contributed by atoms with Crippen LogP contribution in [0, 0.1) is 12.7 Å². The zero-order valence-electron chi connectivity index (χ0n) is 23.7. The number of H-pyrrole nitrogens is 1. The number of benzene rings is 2. The van der Waals surface area contributed by atoms with Crippen molar-refractivity contribution in [3.05, 3.63) is 103 Å². The molecule has 7 rings (SSSR count). The summed E-state index contributed by atoms with van der Waals surface area (Å²) >= 11 is 1.38. The number of aromatic amines is 1. The van der Waals surface area contributed by atoms with E-state index in [1.54, 1.807) is 22.9 Å². The Balaban J connectivity index is 0.000000491. The van der Waals surface area contributed by atoms with Crippen LogP contribution in [-0.4, -0.2) is 43.5 Å². The Morgan fingerprint density at radius 1 is 1.09 bits per heavy atom. The first kappa shape index (κ1) is 28.1. The molecule has 1 aliphatic heterocycles. The summed E-state index contributed by atoms with van der Waals surface area (Å²) in [6.45, 7) is 3.28. The van der Waals surface area contributed by atoms with Gasteiger partial charge in [0.1, 0.15) is 35.3 Å². The van der Waals surface area contributed by atoms with Crippen molar-refractivity contribution < 1.29 is 18.6 Å². The van der Waals surface area contributed by atoms with Crippen LogP contribution >= 0.6 is 11.3 Å². The molecule has 0 atom stereocenters. The van der Waals surface area contributed by atoms with Crippen molar-refractivity contribution in [1.29, 1.82) is 0 Å². The third-order valence-corrected chi connectivity index (χ3v) is 7.84. The Morgan fingerprint density at radius 2 is 1.98 bits per heavy atom. The number of hydrogen-bond donors (Lipinski definition) is 1. The summed E-state index contributed by atoms with van der Waals surface area (Å²) in [6.07, 6.45) is 9.47. The van der Waals surface area contributed by atoms with E-state index in [4.69, 9.17) is 19.2 Å². The molecule has 0 saturated carbocycles. The first-order valence-corrected chi connectivity index (χ1v) is 14.6. The van der Waals surface area contributed by atoms with E-state index in [0.29, 0.717) is 39.5 Å². The molecule has 5 heterocycles. The molecule has 6 aromatic rings. The molecule has 1 N–H and O–H groups in total. The van der Waals surface area contributed by atoms with Crippen LogP contribution in [0.3, 0.4) is 0 Å². The maximum atomic E-state index is 15.1.